The van der Waals surface area contributed by atoms with E-state index in [2.05, 4.69) is 30.9 Å². The molecule has 2 aromatic heterocycles. The van der Waals surface area contributed by atoms with Gasteiger partial charge >= 0.3 is 5.97 Å². The number of H-pyrrole nitrogens is 1. The van der Waals surface area contributed by atoms with E-state index in [0.29, 0.717) is 5.82 Å². The quantitative estimate of drug-likeness (QED) is 0.693. The molecule has 0 aromatic carbocycles. The fourth-order valence-electron chi connectivity index (χ4n) is 1.34. The van der Waals surface area contributed by atoms with Crippen molar-refractivity contribution in [3.63, 3.8) is 0 Å². The number of carboxylic acids is 1. The Morgan fingerprint density at radius 3 is 2.74 bits per heavy atom. The molecule has 0 saturated heterocycles. The number of carbonyl (C=O) groups is 2. The van der Waals surface area contributed by atoms with Crippen LogP contribution in [-0.2, 0) is 0 Å². The van der Waals surface area contributed by atoms with Gasteiger partial charge < -0.3 is 10.4 Å². The molecular weight excluding hydrogens is 252 g/mol. The highest BCUT2D eigenvalue weighted by Crippen LogP contribution is 2.06. The second-order valence-corrected chi connectivity index (χ2v) is 3.70. The van der Waals surface area contributed by atoms with Crippen molar-refractivity contribution in [2.75, 3.05) is 0 Å². The summed E-state index contributed by atoms with van der Waals surface area (Å²) in [4.78, 5) is 26.2. The largest absolute Gasteiger partial charge is 0.478 e. The summed E-state index contributed by atoms with van der Waals surface area (Å²) in [5.41, 5.74) is 0.128. The van der Waals surface area contributed by atoms with Crippen molar-refractivity contribution in [2.45, 2.75) is 13.0 Å². The number of aromatic nitrogens is 5. The number of amides is 1. The van der Waals surface area contributed by atoms with Gasteiger partial charge in [0.25, 0.3) is 5.91 Å². The van der Waals surface area contributed by atoms with Gasteiger partial charge in [0.05, 0.1) is 11.6 Å². The van der Waals surface area contributed by atoms with Gasteiger partial charge in [0.15, 0.2) is 5.82 Å². The van der Waals surface area contributed by atoms with Crippen molar-refractivity contribution >= 4 is 11.9 Å². The molecular formula is C10H10N6O3. The monoisotopic (exact) mass is 262 g/mol. The predicted molar refractivity (Wildman–Crippen MR) is 61.3 cm³/mol. The lowest BCUT2D eigenvalue weighted by Crippen LogP contribution is -2.28. The maximum Gasteiger partial charge on any atom is 0.337 e. The number of carboxylic acid groups (broad SMARTS) is 1. The molecule has 9 nitrogen and oxygen atoms in total. The van der Waals surface area contributed by atoms with E-state index in [1.165, 1.54) is 12.1 Å². The first-order valence-electron chi connectivity index (χ1n) is 5.31. The van der Waals surface area contributed by atoms with E-state index in [4.69, 9.17) is 5.11 Å². The Morgan fingerprint density at radius 1 is 1.42 bits per heavy atom. The zero-order valence-electron chi connectivity index (χ0n) is 9.86. The molecule has 0 aliphatic heterocycles. The summed E-state index contributed by atoms with van der Waals surface area (Å²) in [6.45, 7) is 1.69. The molecule has 0 radical (unpaired) electrons. The van der Waals surface area contributed by atoms with Crippen molar-refractivity contribution in [1.29, 1.82) is 0 Å². The highest BCUT2D eigenvalue weighted by Gasteiger charge is 2.16. The Hall–Kier alpha value is -2.84. The fraction of sp³-hybridized carbons (Fsp3) is 0.200. The molecule has 9 heteroatoms. The van der Waals surface area contributed by atoms with Gasteiger partial charge in [-0.2, -0.15) is 5.21 Å². The lowest BCUT2D eigenvalue weighted by molar-refractivity contribution is 0.0695. The Labute approximate surface area is 107 Å². The molecule has 19 heavy (non-hydrogen) atoms. The summed E-state index contributed by atoms with van der Waals surface area (Å²) in [6, 6.07) is 2.21. The van der Waals surface area contributed by atoms with E-state index in [1.807, 2.05) is 0 Å². The predicted octanol–water partition coefficient (Wildman–Crippen LogP) is -0.216. The molecule has 3 N–H and O–H groups in total. The van der Waals surface area contributed by atoms with Crippen LogP contribution in [-0.4, -0.2) is 42.6 Å². The first kappa shape index (κ1) is 12.6. The molecule has 1 atom stereocenters. The van der Waals surface area contributed by atoms with Gasteiger partial charge in [-0.3, -0.25) is 9.78 Å². The molecule has 0 saturated carbocycles. The molecule has 0 aliphatic carbocycles. The van der Waals surface area contributed by atoms with Crippen molar-refractivity contribution in [3.8, 4) is 0 Å². The Morgan fingerprint density at radius 2 is 2.21 bits per heavy atom. The van der Waals surface area contributed by atoms with Crippen LogP contribution < -0.4 is 5.32 Å². The lowest BCUT2D eigenvalue weighted by atomic mass is 10.2. The van der Waals surface area contributed by atoms with Crippen LogP contribution in [0.25, 0.3) is 0 Å². The number of carbonyl (C=O) groups excluding carboxylic acids is 1. The van der Waals surface area contributed by atoms with Gasteiger partial charge in [-0.05, 0) is 19.1 Å². The molecule has 0 fully saturated rings. The van der Waals surface area contributed by atoms with Crippen molar-refractivity contribution in [2.24, 2.45) is 0 Å². The number of nitrogens with one attached hydrogen (secondary N) is 2. The number of rotatable bonds is 4. The minimum absolute atomic E-state index is 0.0165. The zero-order chi connectivity index (χ0) is 13.8. The molecule has 1 unspecified atom stereocenters. The van der Waals surface area contributed by atoms with Crippen LogP contribution in [0.15, 0.2) is 18.3 Å². The summed E-state index contributed by atoms with van der Waals surface area (Å²) in [7, 11) is 0. The Balaban J connectivity index is 2.05. The smallest absolute Gasteiger partial charge is 0.337 e. The molecule has 0 bridgehead atoms. The SMILES string of the molecule is CC(NC(=O)c1ccc(C(=O)O)cn1)c1nn[nH]n1. The maximum absolute atomic E-state index is 11.8. The normalized spacial score (nSPS) is 11.8. The first-order valence-corrected chi connectivity index (χ1v) is 5.31. The second-order valence-electron chi connectivity index (χ2n) is 3.70. The molecule has 1 amide bonds. The molecule has 2 aromatic rings. The zero-order valence-corrected chi connectivity index (χ0v) is 9.86. The van der Waals surface area contributed by atoms with Crippen molar-refractivity contribution < 1.29 is 14.7 Å². The van der Waals surface area contributed by atoms with Gasteiger partial charge in [-0.25, -0.2) is 4.79 Å². The third-order valence-corrected chi connectivity index (χ3v) is 2.34. The van der Waals surface area contributed by atoms with E-state index in [0.717, 1.165) is 6.20 Å². The van der Waals surface area contributed by atoms with Crippen LogP contribution in [0.1, 0.15) is 39.6 Å². The third-order valence-electron chi connectivity index (χ3n) is 2.34. The minimum Gasteiger partial charge on any atom is -0.478 e. The topological polar surface area (TPSA) is 134 Å². The molecule has 2 heterocycles. The van der Waals surface area contributed by atoms with E-state index in [9.17, 15) is 9.59 Å². The summed E-state index contributed by atoms with van der Waals surface area (Å²) >= 11 is 0. The Kier molecular flexibility index (Phi) is 3.46. The van der Waals surface area contributed by atoms with Gasteiger partial charge in [-0.15, -0.1) is 10.2 Å². The van der Waals surface area contributed by atoms with Crippen LogP contribution in [0, 0.1) is 0 Å². The van der Waals surface area contributed by atoms with Gasteiger partial charge in [0.1, 0.15) is 5.69 Å². The summed E-state index contributed by atoms with van der Waals surface area (Å²) in [5.74, 6) is -1.20. The number of nitrogens with zero attached hydrogens (tertiary/aromatic N) is 4. The molecule has 2 rings (SSSR count). The number of hydrogen-bond donors (Lipinski definition) is 3. The molecule has 0 aliphatic rings. The van der Waals surface area contributed by atoms with Crippen LogP contribution in [0.4, 0.5) is 0 Å². The van der Waals surface area contributed by atoms with E-state index in [1.54, 1.807) is 6.92 Å². The standard InChI is InChI=1S/C10H10N6O3/c1-5(8-13-15-16-14-8)12-9(17)7-3-2-6(4-11-7)10(18)19/h2-5H,1H3,(H,12,17)(H,18,19)(H,13,14,15,16). The number of pyridine rings is 1. The molecule has 98 valence electrons. The highest BCUT2D eigenvalue weighted by molar-refractivity contribution is 5.93. The van der Waals surface area contributed by atoms with Crippen LogP contribution in [0.2, 0.25) is 0 Å². The van der Waals surface area contributed by atoms with Crippen molar-refractivity contribution in [3.05, 3.63) is 35.4 Å². The number of hydrogen-bond acceptors (Lipinski definition) is 6. The van der Waals surface area contributed by atoms with Crippen LogP contribution in [0.5, 0.6) is 0 Å². The number of tetrazole rings is 1. The highest BCUT2D eigenvalue weighted by atomic mass is 16.4. The van der Waals surface area contributed by atoms with Gasteiger partial charge in [0, 0.05) is 6.20 Å². The first-order chi connectivity index (χ1) is 9.08. The second kappa shape index (κ2) is 5.21. The number of aromatic amines is 1. The Bertz CT molecular complexity index is 580. The number of aromatic carboxylic acids is 1. The van der Waals surface area contributed by atoms with Crippen LogP contribution in [0.3, 0.4) is 0 Å². The summed E-state index contributed by atoms with van der Waals surface area (Å²) < 4.78 is 0. The maximum atomic E-state index is 11.8. The van der Waals surface area contributed by atoms with E-state index in [-0.39, 0.29) is 11.3 Å². The molecule has 0 spiro atoms. The van der Waals surface area contributed by atoms with Crippen molar-refractivity contribution in [1.82, 2.24) is 30.9 Å². The average molecular weight is 262 g/mol. The van der Waals surface area contributed by atoms with Crippen LogP contribution >= 0.6 is 0 Å². The fourth-order valence-corrected chi connectivity index (χ4v) is 1.34. The summed E-state index contributed by atoms with van der Waals surface area (Å²) in [6.07, 6.45) is 1.12. The van der Waals surface area contributed by atoms with E-state index < -0.39 is 17.9 Å². The lowest BCUT2D eigenvalue weighted by Gasteiger charge is -2.09. The summed E-state index contributed by atoms with van der Waals surface area (Å²) in [5, 5.41) is 24.5. The van der Waals surface area contributed by atoms with Gasteiger partial charge in [0.2, 0.25) is 0 Å². The van der Waals surface area contributed by atoms with Gasteiger partial charge in [-0.1, -0.05) is 5.21 Å². The third kappa shape index (κ3) is 2.89. The minimum atomic E-state index is -1.10. The average Bonchev–Trinajstić information content (AvgIpc) is 2.92. The van der Waals surface area contributed by atoms with E-state index >= 15 is 0 Å².